The van der Waals surface area contributed by atoms with Crippen molar-refractivity contribution >= 4 is 11.4 Å². The van der Waals surface area contributed by atoms with Gasteiger partial charge in [0.1, 0.15) is 5.75 Å². The lowest BCUT2D eigenvalue weighted by atomic mass is 9.97. The molecule has 0 aliphatic heterocycles. The summed E-state index contributed by atoms with van der Waals surface area (Å²) >= 11 is 0. The smallest absolute Gasteiger partial charge is 0.418 e. The van der Waals surface area contributed by atoms with Crippen LogP contribution in [0.3, 0.4) is 0 Å². The van der Waals surface area contributed by atoms with Gasteiger partial charge in [0.15, 0.2) is 11.6 Å². The lowest BCUT2D eigenvalue weighted by Gasteiger charge is -2.30. The summed E-state index contributed by atoms with van der Waals surface area (Å²) in [5, 5.41) is 10.4. The normalized spacial score (nSPS) is 11.8. The molecule has 0 spiro atoms. The Kier molecular flexibility index (Phi) is 7.49. The Labute approximate surface area is 195 Å². The maximum Gasteiger partial charge on any atom is 0.418 e. The second-order valence-corrected chi connectivity index (χ2v) is 6.95. The van der Waals surface area contributed by atoms with Crippen molar-refractivity contribution in [3.05, 3.63) is 95.9 Å². The zero-order chi connectivity index (χ0) is 25.8. The van der Waals surface area contributed by atoms with Gasteiger partial charge in [0.2, 0.25) is 0 Å². The van der Waals surface area contributed by atoms with Crippen molar-refractivity contribution in [2.45, 2.75) is 6.18 Å². The minimum atomic E-state index is -5.06. The summed E-state index contributed by atoms with van der Waals surface area (Å²) in [5.74, 6) is -6.26. The first-order chi connectivity index (χ1) is 16.6. The molecule has 180 valence electrons. The van der Waals surface area contributed by atoms with Crippen molar-refractivity contribution in [1.82, 2.24) is 4.98 Å². The van der Waals surface area contributed by atoms with Crippen molar-refractivity contribution in [3.8, 4) is 29.2 Å². The number of para-hydroxylation sites is 3. The fourth-order valence-corrected chi connectivity index (χ4v) is 3.35. The number of hydrogen-bond acceptors (Lipinski definition) is 3. The first kappa shape index (κ1) is 25.4. The minimum absolute atomic E-state index is 0.174. The summed E-state index contributed by atoms with van der Waals surface area (Å²) in [6.45, 7) is -0.369. The number of aromatic nitrogens is 1. The van der Waals surface area contributed by atoms with Gasteiger partial charge in [0.05, 0.1) is 22.5 Å². The van der Waals surface area contributed by atoms with E-state index in [1.54, 1.807) is 0 Å². The van der Waals surface area contributed by atoms with Crippen molar-refractivity contribution in [3.63, 3.8) is 0 Å². The van der Waals surface area contributed by atoms with Crippen molar-refractivity contribution in [2.24, 2.45) is 0 Å². The molecule has 10 heteroatoms. The number of aromatic hydroxyl groups is 1. The van der Waals surface area contributed by atoms with Crippen LogP contribution in [-0.4, -0.2) is 16.6 Å². The fourth-order valence-electron chi connectivity index (χ4n) is 3.35. The van der Waals surface area contributed by atoms with E-state index in [0.29, 0.717) is 6.07 Å². The number of allylic oxidation sites excluding steroid dienone is 3. The van der Waals surface area contributed by atoms with Crippen LogP contribution in [0, 0.1) is 35.9 Å². The van der Waals surface area contributed by atoms with E-state index in [4.69, 9.17) is 6.42 Å². The number of terminal acetylenes is 1. The second-order valence-electron chi connectivity index (χ2n) is 6.95. The molecule has 0 saturated heterocycles. The highest BCUT2D eigenvalue weighted by atomic mass is 19.4. The van der Waals surface area contributed by atoms with E-state index in [2.05, 4.69) is 10.9 Å². The molecule has 0 atom stereocenters. The third kappa shape index (κ3) is 5.30. The molecule has 3 rings (SSSR count). The summed E-state index contributed by atoms with van der Waals surface area (Å²) in [6, 6.07) is 7.62. The quantitative estimate of drug-likeness (QED) is 0.176. The number of nitrogens with zero attached hydrogens (tertiary/aromatic N) is 2. The van der Waals surface area contributed by atoms with Crippen LogP contribution in [0.5, 0.6) is 5.75 Å². The Morgan fingerprint density at radius 2 is 1.60 bits per heavy atom. The average molecular weight is 492 g/mol. The van der Waals surface area contributed by atoms with Gasteiger partial charge < -0.3 is 10.0 Å². The lowest BCUT2D eigenvalue weighted by molar-refractivity contribution is -0.137. The maximum absolute atomic E-state index is 14.6. The Balaban J connectivity index is 2.41. The van der Waals surface area contributed by atoms with Gasteiger partial charge in [-0.05, 0) is 24.3 Å². The van der Waals surface area contributed by atoms with Gasteiger partial charge in [0.25, 0.3) is 11.9 Å². The van der Waals surface area contributed by atoms with E-state index >= 15 is 0 Å². The van der Waals surface area contributed by atoms with Gasteiger partial charge in [-0.1, -0.05) is 48.4 Å². The van der Waals surface area contributed by atoms with Gasteiger partial charge in [0, 0.05) is 12.1 Å². The van der Waals surface area contributed by atoms with Crippen LogP contribution in [0.15, 0.2) is 66.8 Å². The second kappa shape index (κ2) is 10.3. The molecule has 0 saturated carbocycles. The van der Waals surface area contributed by atoms with Crippen molar-refractivity contribution < 1.29 is 35.8 Å². The maximum atomic E-state index is 14.6. The van der Waals surface area contributed by atoms with Crippen LogP contribution in [0.2, 0.25) is 0 Å². The van der Waals surface area contributed by atoms with E-state index in [1.165, 1.54) is 48.6 Å². The predicted molar refractivity (Wildman–Crippen MR) is 117 cm³/mol. The van der Waals surface area contributed by atoms with E-state index in [1.807, 2.05) is 0 Å². The minimum Gasteiger partial charge on any atom is -0.506 e. The highest BCUT2D eigenvalue weighted by Crippen LogP contribution is 2.47. The molecule has 35 heavy (non-hydrogen) atoms. The van der Waals surface area contributed by atoms with Gasteiger partial charge in [-0.25, -0.2) is 8.78 Å². The van der Waals surface area contributed by atoms with Gasteiger partial charge in [-0.15, -0.1) is 6.42 Å². The average Bonchev–Trinajstić information content (AvgIpc) is 2.80. The van der Waals surface area contributed by atoms with E-state index in [-0.39, 0.29) is 12.2 Å². The highest BCUT2D eigenvalue weighted by Gasteiger charge is 2.38. The summed E-state index contributed by atoms with van der Waals surface area (Å²) in [4.78, 5) is 3.37. The Morgan fingerprint density at radius 3 is 2.20 bits per heavy atom. The van der Waals surface area contributed by atoms with Crippen LogP contribution in [0.1, 0.15) is 5.56 Å². The Morgan fingerprint density at radius 1 is 0.943 bits per heavy atom. The topological polar surface area (TPSA) is 36.4 Å². The van der Waals surface area contributed by atoms with Crippen LogP contribution in [0.4, 0.5) is 42.1 Å². The van der Waals surface area contributed by atoms with Gasteiger partial charge >= 0.3 is 6.18 Å². The standard InChI is InChI=1S/C25H15F7N2O/c1-2-3-4-5-8-14-34(17-12-6-7-13-18(17)35)22-15(10-9-11-16(22)25(30,31)32)19-20(26)23(28)33-24(29)21(19)27/h1,3-13,35H,14H2/b4-3-,8-5-. The zero-order valence-electron chi connectivity index (χ0n) is 17.6. The first-order valence-corrected chi connectivity index (χ1v) is 9.81. The molecule has 0 amide bonds. The fraction of sp³-hybridized carbons (Fsp3) is 0.0800. The number of anilines is 2. The third-order valence-electron chi connectivity index (χ3n) is 4.78. The molecule has 0 unspecified atom stereocenters. The van der Waals surface area contributed by atoms with E-state index < -0.39 is 57.8 Å². The van der Waals surface area contributed by atoms with Gasteiger partial charge in [-0.3, -0.25) is 0 Å². The number of pyridine rings is 1. The molecule has 1 aromatic heterocycles. The number of phenolic OH excluding ortho intramolecular Hbond substituents is 1. The SMILES string of the molecule is C#C/C=C\C=C/CN(c1ccccc1O)c1c(-c2c(F)c(F)nc(F)c2F)cccc1C(F)(F)F. The molecule has 0 aliphatic carbocycles. The Hall–Kier alpha value is -4.26. The third-order valence-corrected chi connectivity index (χ3v) is 4.78. The van der Waals surface area contributed by atoms with Crippen molar-refractivity contribution in [2.75, 3.05) is 11.4 Å². The van der Waals surface area contributed by atoms with E-state index in [9.17, 15) is 35.8 Å². The van der Waals surface area contributed by atoms with Crippen LogP contribution in [0.25, 0.3) is 11.1 Å². The summed E-state index contributed by atoms with van der Waals surface area (Å²) < 4.78 is 99.3. The number of rotatable bonds is 6. The Bertz CT molecular complexity index is 1310. The van der Waals surface area contributed by atoms with E-state index in [0.717, 1.165) is 17.0 Å². The highest BCUT2D eigenvalue weighted by molar-refractivity contribution is 5.87. The summed E-state index contributed by atoms with van der Waals surface area (Å²) in [7, 11) is 0. The summed E-state index contributed by atoms with van der Waals surface area (Å²) in [5.41, 5.74) is -4.59. The zero-order valence-corrected chi connectivity index (χ0v) is 17.6. The number of phenols is 1. The molecule has 1 heterocycles. The van der Waals surface area contributed by atoms with Crippen LogP contribution < -0.4 is 4.90 Å². The number of benzene rings is 2. The molecule has 0 fully saturated rings. The monoisotopic (exact) mass is 492 g/mol. The lowest BCUT2D eigenvalue weighted by Crippen LogP contribution is -2.23. The molecular weight excluding hydrogens is 477 g/mol. The molecular formula is C25H15F7N2O. The predicted octanol–water partition coefficient (Wildman–Crippen LogP) is 6.91. The molecule has 3 nitrogen and oxygen atoms in total. The largest absolute Gasteiger partial charge is 0.506 e. The molecule has 0 bridgehead atoms. The van der Waals surface area contributed by atoms with Crippen LogP contribution >= 0.6 is 0 Å². The summed E-state index contributed by atoms with van der Waals surface area (Å²) in [6.07, 6.45) is 5.52. The van der Waals surface area contributed by atoms with Gasteiger partial charge in [-0.2, -0.15) is 26.9 Å². The molecule has 1 N–H and O–H groups in total. The molecule has 0 aliphatic rings. The number of hydrogen-bond donors (Lipinski definition) is 1. The molecule has 3 aromatic rings. The van der Waals surface area contributed by atoms with Crippen LogP contribution in [-0.2, 0) is 6.18 Å². The number of alkyl halides is 3. The first-order valence-electron chi connectivity index (χ1n) is 9.81. The van der Waals surface area contributed by atoms with Crippen molar-refractivity contribution in [1.29, 1.82) is 0 Å². The molecule has 2 aromatic carbocycles. The number of halogens is 7. The molecule has 0 radical (unpaired) electrons.